The molecular formula is C17H17NO2. The molecule has 0 spiro atoms. The summed E-state index contributed by atoms with van der Waals surface area (Å²) < 4.78 is 4.67. The molecule has 2 aromatic rings. The molecule has 0 aromatic heterocycles. The second kappa shape index (κ2) is 5.10. The zero-order chi connectivity index (χ0) is 14.1. The molecule has 0 fully saturated rings. The molecule has 0 saturated carbocycles. The smallest absolute Gasteiger partial charge is 0.307 e. The average Bonchev–Trinajstić information content (AvgIpc) is 2.84. The van der Waals surface area contributed by atoms with Crippen molar-refractivity contribution in [1.29, 1.82) is 0 Å². The van der Waals surface area contributed by atoms with Crippen molar-refractivity contribution in [2.45, 2.75) is 18.9 Å². The van der Waals surface area contributed by atoms with Crippen LogP contribution in [-0.2, 0) is 16.0 Å². The molecule has 0 saturated heterocycles. The maximum atomic E-state index is 11.3. The molecule has 0 aliphatic heterocycles. The summed E-state index contributed by atoms with van der Waals surface area (Å²) in [5.74, 6) is -0.277. The molecule has 1 atom stereocenters. The highest BCUT2D eigenvalue weighted by atomic mass is 16.5. The van der Waals surface area contributed by atoms with Crippen molar-refractivity contribution < 1.29 is 9.53 Å². The number of esters is 1. The molecule has 2 aromatic carbocycles. The van der Waals surface area contributed by atoms with Crippen LogP contribution in [0.4, 0.5) is 0 Å². The molecule has 0 bridgehead atoms. The van der Waals surface area contributed by atoms with E-state index in [1.807, 2.05) is 6.07 Å². The van der Waals surface area contributed by atoms with Crippen molar-refractivity contribution in [3.05, 3.63) is 59.2 Å². The van der Waals surface area contributed by atoms with Crippen LogP contribution in [0, 0.1) is 0 Å². The van der Waals surface area contributed by atoms with Gasteiger partial charge in [-0.05, 0) is 34.2 Å². The number of carbonyl (C=O) groups is 1. The first-order valence-corrected chi connectivity index (χ1v) is 6.72. The first-order valence-electron chi connectivity index (χ1n) is 6.72. The van der Waals surface area contributed by atoms with Gasteiger partial charge in [0, 0.05) is 6.04 Å². The van der Waals surface area contributed by atoms with Crippen molar-refractivity contribution in [3.63, 3.8) is 0 Å². The molecule has 0 heterocycles. The van der Waals surface area contributed by atoms with Crippen LogP contribution in [0.3, 0.4) is 0 Å². The molecular weight excluding hydrogens is 250 g/mol. The highest BCUT2D eigenvalue weighted by Crippen LogP contribution is 2.37. The SMILES string of the molecule is COC(=O)C[C@@H](N)c1ccc2c(c1)Cc1ccccc1-2. The van der Waals surface area contributed by atoms with Gasteiger partial charge >= 0.3 is 5.97 Å². The van der Waals surface area contributed by atoms with E-state index in [0.717, 1.165) is 12.0 Å². The van der Waals surface area contributed by atoms with Crippen molar-refractivity contribution in [2.24, 2.45) is 5.73 Å². The molecule has 0 amide bonds. The summed E-state index contributed by atoms with van der Waals surface area (Å²) in [6, 6.07) is 14.3. The van der Waals surface area contributed by atoms with Gasteiger partial charge in [0.15, 0.2) is 0 Å². The van der Waals surface area contributed by atoms with Crippen LogP contribution in [0.2, 0.25) is 0 Å². The Labute approximate surface area is 118 Å². The predicted molar refractivity (Wildman–Crippen MR) is 78.2 cm³/mol. The third-order valence-electron chi connectivity index (χ3n) is 3.86. The molecule has 20 heavy (non-hydrogen) atoms. The van der Waals surface area contributed by atoms with Gasteiger partial charge in [-0.15, -0.1) is 0 Å². The summed E-state index contributed by atoms with van der Waals surface area (Å²) in [4.78, 5) is 11.3. The summed E-state index contributed by atoms with van der Waals surface area (Å²) >= 11 is 0. The van der Waals surface area contributed by atoms with Crippen molar-refractivity contribution in [3.8, 4) is 11.1 Å². The number of fused-ring (bicyclic) bond motifs is 3. The van der Waals surface area contributed by atoms with E-state index in [-0.39, 0.29) is 18.4 Å². The summed E-state index contributed by atoms with van der Waals surface area (Å²) in [5, 5.41) is 0. The van der Waals surface area contributed by atoms with E-state index in [1.54, 1.807) is 0 Å². The maximum Gasteiger partial charge on any atom is 0.307 e. The summed E-state index contributed by atoms with van der Waals surface area (Å²) in [5.41, 5.74) is 12.3. The minimum atomic E-state index is -0.309. The number of ether oxygens (including phenoxy) is 1. The Morgan fingerprint density at radius 3 is 2.75 bits per heavy atom. The fraction of sp³-hybridized carbons (Fsp3) is 0.235. The Balaban J connectivity index is 1.89. The Morgan fingerprint density at radius 2 is 1.95 bits per heavy atom. The van der Waals surface area contributed by atoms with Crippen molar-refractivity contribution in [2.75, 3.05) is 7.11 Å². The molecule has 3 heteroatoms. The monoisotopic (exact) mass is 267 g/mol. The minimum absolute atomic E-state index is 0.211. The van der Waals surface area contributed by atoms with E-state index in [2.05, 4.69) is 41.1 Å². The zero-order valence-corrected chi connectivity index (χ0v) is 11.4. The Kier molecular flexibility index (Phi) is 3.28. The molecule has 3 rings (SSSR count). The van der Waals surface area contributed by atoms with Gasteiger partial charge < -0.3 is 10.5 Å². The molecule has 0 radical (unpaired) electrons. The molecule has 2 N–H and O–H groups in total. The van der Waals surface area contributed by atoms with Crippen molar-refractivity contribution in [1.82, 2.24) is 0 Å². The van der Waals surface area contributed by atoms with Crippen LogP contribution < -0.4 is 5.73 Å². The van der Waals surface area contributed by atoms with Crippen LogP contribution in [0.25, 0.3) is 11.1 Å². The summed E-state index contributed by atoms with van der Waals surface area (Å²) in [6.45, 7) is 0. The standard InChI is InChI=1S/C17H17NO2/c1-20-17(19)10-16(18)12-6-7-15-13(9-12)8-11-4-2-3-5-14(11)15/h2-7,9,16H,8,10,18H2,1H3/t16-/m1/s1. The lowest BCUT2D eigenvalue weighted by Gasteiger charge is -2.12. The van der Waals surface area contributed by atoms with Gasteiger partial charge in [0.05, 0.1) is 13.5 Å². The number of nitrogens with two attached hydrogens (primary N) is 1. The van der Waals surface area contributed by atoms with Gasteiger partial charge in [-0.25, -0.2) is 0 Å². The van der Waals surface area contributed by atoms with Gasteiger partial charge in [0.25, 0.3) is 0 Å². The van der Waals surface area contributed by atoms with Gasteiger partial charge in [-0.3, -0.25) is 4.79 Å². The zero-order valence-electron chi connectivity index (χ0n) is 11.4. The van der Waals surface area contributed by atoms with E-state index in [9.17, 15) is 4.79 Å². The Bertz CT molecular complexity index is 664. The topological polar surface area (TPSA) is 52.3 Å². The normalized spacial score (nSPS) is 13.5. The second-order valence-corrected chi connectivity index (χ2v) is 5.14. The number of hydrogen-bond acceptors (Lipinski definition) is 3. The molecule has 102 valence electrons. The Morgan fingerprint density at radius 1 is 1.20 bits per heavy atom. The Hall–Kier alpha value is -2.13. The van der Waals surface area contributed by atoms with Crippen LogP contribution in [-0.4, -0.2) is 13.1 Å². The minimum Gasteiger partial charge on any atom is -0.469 e. The quantitative estimate of drug-likeness (QED) is 0.742. The van der Waals surface area contributed by atoms with Crippen LogP contribution >= 0.6 is 0 Å². The van der Waals surface area contributed by atoms with E-state index >= 15 is 0 Å². The number of benzene rings is 2. The lowest BCUT2D eigenvalue weighted by molar-refractivity contribution is -0.141. The first kappa shape index (κ1) is 12.9. The number of methoxy groups -OCH3 is 1. The van der Waals surface area contributed by atoms with E-state index in [1.165, 1.54) is 29.4 Å². The highest BCUT2D eigenvalue weighted by Gasteiger charge is 2.20. The highest BCUT2D eigenvalue weighted by molar-refractivity contribution is 5.77. The summed E-state index contributed by atoms with van der Waals surface area (Å²) in [6.07, 6.45) is 1.15. The largest absolute Gasteiger partial charge is 0.469 e. The third-order valence-corrected chi connectivity index (χ3v) is 3.86. The number of hydrogen-bond donors (Lipinski definition) is 1. The lowest BCUT2D eigenvalue weighted by atomic mass is 9.98. The average molecular weight is 267 g/mol. The maximum absolute atomic E-state index is 11.3. The number of carbonyl (C=O) groups excluding carboxylic acids is 1. The lowest BCUT2D eigenvalue weighted by Crippen LogP contribution is -2.16. The predicted octanol–water partition coefficient (Wildman–Crippen LogP) is 2.82. The second-order valence-electron chi connectivity index (χ2n) is 5.14. The molecule has 1 aliphatic carbocycles. The van der Waals surface area contributed by atoms with Crippen LogP contribution in [0.5, 0.6) is 0 Å². The van der Waals surface area contributed by atoms with Crippen molar-refractivity contribution >= 4 is 5.97 Å². The van der Waals surface area contributed by atoms with E-state index in [4.69, 9.17) is 5.73 Å². The van der Waals surface area contributed by atoms with E-state index in [0.29, 0.717) is 0 Å². The first-order chi connectivity index (χ1) is 9.69. The third kappa shape index (κ3) is 2.21. The fourth-order valence-electron chi connectivity index (χ4n) is 2.78. The van der Waals surface area contributed by atoms with Crippen LogP contribution in [0.15, 0.2) is 42.5 Å². The van der Waals surface area contributed by atoms with E-state index < -0.39 is 0 Å². The summed E-state index contributed by atoms with van der Waals surface area (Å²) in [7, 11) is 1.38. The van der Waals surface area contributed by atoms with Gasteiger partial charge in [-0.1, -0.05) is 42.5 Å². The molecule has 0 unspecified atom stereocenters. The van der Waals surface area contributed by atoms with Crippen LogP contribution in [0.1, 0.15) is 29.2 Å². The fourth-order valence-corrected chi connectivity index (χ4v) is 2.78. The number of rotatable bonds is 3. The van der Waals surface area contributed by atoms with Gasteiger partial charge in [-0.2, -0.15) is 0 Å². The van der Waals surface area contributed by atoms with Gasteiger partial charge in [0.2, 0.25) is 0 Å². The molecule has 1 aliphatic rings. The molecule has 3 nitrogen and oxygen atoms in total. The van der Waals surface area contributed by atoms with Gasteiger partial charge in [0.1, 0.15) is 0 Å².